The summed E-state index contributed by atoms with van der Waals surface area (Å²) < 4.78 is 2.08. The Kier molecular flexibility index (Phi) is 6.65. The number of aryl methyl sites for hydroxylation is 1. The van der Waals surface area contributed by atoms with Crippen LogP contribution in [0.5, 0.6) is 0 Å². The number of unbranched alkanes of at least 4 members (excludes halogenated alkanes) is 2. The summed E-state index contributed by atoms with van der Waals surface area (Å²) in [6, 6.07) is 8.09. The van der Waals surface area contributed by atoms with Crippen molar-refractivity contribution < 1.29 is 9.59 Å². The average molecular weight is 451 g/mol. The fraction of sp³-hybridized carbons (Fsp3) is 0.304. The Morgan fingerprint density at radius 3 is 2.88 bits per heavy atom. The molecule has 32 heavy (non-hydrogen) atoms. The molecule has 0 radical (unpaired) electrons. The quantitative estimate of drug-likeness (QED) is 0.317. The van der Waals surface area contributed by atoms with Gasteiger partial charge >= 0.3 is 0 Å². The fourth-order valence-electron chi connectivity index (χ4n) is 3.77. The Bertz CT molecular complexity index is 1210. The van der Waals surface area contributed by atoms with Crippen molar-refractivity contribution in [1.29, 1.82) is 0 Å². The zero-order chi connectivity index (χ0) is 22.5. The van der Waals surface area contributed by atoms with Gasteiger partial charge in [0.15, 0.2) is 0 Å². The molecule has 8 nitrogen and oxygen atoms in total. The zero-order valence-electron chi connectivity index (χ0n) is 17.9. The lowest BCUT2D eigenvalue weighted by molar-refractivity contribution is -0.118. The number of nitrogens with one attached hydrogen (secondary N) is 2. The Hall–Kier alpha value is -3.46. The van der Waals surface area contributed by atoms with Crippen molar-refractivity contribution in [3.8, 4) is 11.3 Å². The lowest BCUT2D eigenvalue weighted by Crippen LogP contribution is -2.28. The molecule has 0 aliphatic heterocycles. The molecular formula is C23H26N6O2S. The van der Waals surface area contributed by atoms with Gasteiger partial charge in [-0.2, -0.15) is 0 Å². The predicted molar refractivity (Wildman–Crippen MR) is 125 cm³/mol. The zero-order valence-corrected chi connectivity index (χ0v) is 18.7. The van der Waals surface area contributed by atoms with Gasteiger partial charge in [-0.15, -0.1) is 11.3 Å². The number of carbonyl (C=O) groups excluding carboxylic acids is 2. The second-order valence-electron chi connectivity index (χ2n) is 7.84. The number of nitrogens with two attached hydrogens (primary N) is 1. The Balaban J connectivity index is 1.50. The number of benzene rings is 1. The number of H-pyrrole nitrogens is 1. The van der Waals surface area contributed by atoms with Gasteiger partial charge < -0.3 is 20.6 Å². The lowest BCUT2D eigenvalue weighted by Gasteiger charge is -2.16. The second-order valence-corrected chi connectivity index (χ2v) is 8.73. The maximum atomic E-state index is 12.6. The van der Waals surface area contributed by atoms with Crippen LogP contribution >= 0.6 is 11.3 Å². The van der Waals surface area contributed by atoms with E-state index in [9.17, 15) is 9.59 Å². The molecule has 0 spiro atoms. The van der Waals surface area contributed by atoms with Gasteiger partial charge in [0.05, 0.1) is 29.6 Å². The second kappa shape index (κ2) is 9.78. The van der Waals surface area contributed by atoms with Gasteiger partial charge in [-0.25, -0.2) is 4.98 Å². The van der Waals surface area contributed by atoms with E-state index in [2.05, 4.69) is 49.1 Å². The summed E-state index contributed by atoms with van der Waals surface area (Å²) in [5.74, 6) is 0.255. The highest BCUT2D eigenvalue weighted by molar-refractivity contribution is 7.11. The largest absolute Gasteiger partial charge is 0.370 e. The van der Waals surface area contributed by atoms with Crippen molar-refractivity contribution in [3.05, 3.63) is 59.1 Å². The monoisotopic (exact) mass is 450 g/mol. The number of carbonyl (C=O) groups is 2. The van der Waals surface area contributed by atoms with Crippen LogP contribution in [0.3, 0.4) is 0 Å². The Labute approximate surface area is 189 Å². The molecule has 0 aliphatic rings. The predicted octanol–water partition coefficient (Wildman–Crippen LogP) is 3.93. The Morgan fingerprint density at radius 1 is 1.22 bits per heavy atom. The summed E-state index contributed by atoms with van der Waals surface area (Å²) >= 11 is 1.30. The molecule has 3 aromatic heterocycles. The van der Waals surface area contributed by atoms with E-state index < -0.39 is 0 Å². The molecular weight excluding hydrogens is 424 g/mol. The highest BCUT2D eigenvalue weighted by Gasteiger charge is 2.20. The number of hydrogen-bond donors (Lipinski definition) is 3. The van der Waals surface area contributed by atoms with E-state index in [1.165, 1.54) is 16.9 Å². The van der Waals surface area contributed by atoms with E-state index >= 15 is 0 Å². The number of aromatic nitrogens is 4. The molecule has 4 N–H and O–H groups in total. The maximum Gasteiger partial charge on any atom is 0.263 e. The van der Waals surface area contributed by atoms with Crippen molar-refractivity contribution in [1.82, 2.24) is 24.8 Å². The summed E-state index contributed by atoms with van der Waals surface area (Å²) in [4.78, 5) is 36.1. The van der Waals surface area contributed by atoms with E-state index in [4.69, 9.17) is 5.73 Å². The molecule has 9 heteroatoms. The van der Waals surface area contributed by atoms with E-state index in [1.54, 1.807) is 17.9 Å². The average Bonchev–Trinajstić information content (AvgIpc) is 3.54. The first-order valence-corrected chi connectivity index (χ1v) is 11.5. The highest BCUT2D eigenvalue weighted by Crippen LogP contribution is 2.26. The standard InChI is InChI=1S/C23H26N6O2S/c1-29-10-9-16-11-15(7-8-19(16)29)18-12-26-22(27-18)17(5-3-2-4-6-21(24)30)28-23(31)20-13-25-14-32-20/h7-14,17H,2-6H2,1H3,(H2,24,30)(H,26,27)(H,28,31)/t17-/m0/s1. The first-order chi connectivity index (χ1) is 15.5. The van der Waals surface area contributed by atoms with Crippen LogP contribution in [-0.4, -0.2) is 31.3 Å². The summed E-state index contributed by atoms with van der Waals surface area (Å²) in [7, 11) is 2.02. The van der Waals surface area contributed by atoms with Gasteiger partial charge in [-0.05, 0) is 31.0 Å². The maximum absolute atomic E-state index is 12.6. The minimum atomic E-state index is -0.286. The van der Waals surface area contributed by atoms with E-state index in [-0.39, 0.29) is 17.9 Å². The van der Waals surface area contributed by atoms with Crippen LogP contribution in [0.25, 0.3) is 22.2 Å². The van der Waals surface area contributed by atoms with Crippen LogP contribution in [-0.2, 0) is 11.8 Å². The number of fused-ring (bicyclic) bond motifs is 1. The smallest absolute Gasteiger partial charge is 0.263 e. The molecule has 2 amide bonds. The van der Waals surface area contributed by atoms with Crippen LogP contribution in [0.1, 0.15) is 53.6 Å². The topological polar surface area (TPSA) is 119 Å². The van der Waals surface area contributed by atoms with Crippen LogP contribution in [0, 0.1) is 0 Å². The van der Waals surface area contributed by atoms with Crippen LogP contribution in [0.2, 0.25) is 0 Å². The molecule has 0 saturated carbocycles. The number of hydrogen-bond acceptors (Lipinski definition) is 5. The van der Waals surface area contributed by atoms with Crippen molar-refractivity contribution >= 4 is 34.1 Å². The van der Waals surface area contributed by atoms with Crippen LogP contribution < -0.4 is 11.1 Å². The summed E-state index contributed by atoms with van der Waals surface area (Å²) in [5.41, 5.74) is 9.96. The summed E-state index contributed by atoms with van der Waals surface area (Å²) in [6.07, 6.45) is 8.92. The highest BCUT2D eigenvalue weighted by atomic mass is 32.1. The number of rotatable bonds is 10. The molecule has 0 aliphatic carbocycles. The van der Waals surface area contributed by atoms with Gasteiger partial charge in [0.25, 0.3) is 5.91 Å². The lowest BCUT2D eigenvalue weighted by atomic mass is 10.1. The third-order valence-corrected chi connectivity index (χ3v) is 6.27. The normalized spacial score (nSPS) is 12.2. The van der Waals surface area contributed by atoms with Crippen LogP contribution in [0.4, 0.5) is 0 Å². The molecule has 3 heterocycles. The van der Waals surface area contributed by atoms with Gasteiger partial charge in [-0.3, -0.25) is 14.6 Å². The van der Waals surface area contributed by atoms with E-state index in [0.29, 0.717) is 23.5 Å². The summed E-state index contributed by atoms with van der Waals surface area (Å²) in [5, 5.41) is 4.23. The molecule has 4 rings (SSSR count). The number of thiazole rings is 1. The molecule has 1 atom stereocenters. The fourth-order valence-corrected chi connectivity index (χ4v) is 4.29. The van der Waals surface area contributed by atoms with E-state index in [0.717, 1.165) is 35.9 Å². The SMILES string of the molecule is Cn1ccc2cc(-c3cnc([C@H](CCCCCC(N)=O)NC(=O)c4cncs4)[nH]3)ccc21. The van der Waals surface area contributed by atoms with Crippen molar-refractivity contribution in [2.45, 2.75) is 38.1 Å². The third kappa shape index (κ3) is 5.05. The number of amides is 2. The van der Waals surface area contributed by atoms with Crippen LogP contribution in [0.15, 0.2) is 48.4 Å². The third-order valence-electron chi connectivity index (χ3n) is 5.50. The van der Waals surface area contributed by atoms with Gasteiger partial charge in [0, 0.05) is 36.1 Å². The van der Waals surface area contributed by atoms with Gasteiger partial charge in [0.1, 0.15) is 10.7 Å². The first-order valence-electron chi connectivity index (χ1n) is 10.6. The van der Waals surface area contributed by atoms with Crippen molar-refractivity contribution in [2.24, 2.45) is 12.8 Å². The first kappa shape index (κ1) is 21.8. The molecule has 1 aromatic carbocycles. The minimum absolute atomic E-state index is 0.168. The molecule has 166 valence electrons. The number of imidazole rings is 1. The molecule has 0 fully saturated rings. The van der Waals surface area contributed by atoms with Crippen molar-refractivity contribution in [3.63, 3.8) is 0 Å². The van der Waals surface area contributed by atoms with E-state index in [1.807, 2.05) is 13.2 Å². The van der Waals surface area contributed by atoms with Gasteiger partial charge in [0.2, 0.25) is 5.91 Å². The molecule has 0 saturated heterocycles. The summed E-state index contributed by atoms with van der Waals surface area (Å²) in [6.45, 7) is 0. The molecule has 4 aromatic rings. The minimum Gasteiger partial charge on any atom is -0.370 e. The molecule has 0 unspecified atom stereocenters. The van der Waals surface area contributed by atoms with Gasteiger partial charge in [-0.1, -0.05) is 18.9 Å². The number of nitrogens with zero attached hydrogens (tertiary/aromatic N) is 3. The van der Waals surface area contributed by atoms with Crippen molar-refractivity contribution in [2.75, 3.05) is 0 Å². The number of aromatic amines is 1. The Morgan fingerprint density at radius 2 is 2.09 bits per heavy atom. The molecule has 0 bridgehead atoms. The number of primary amides is 1.